The lowest BCUT2D eigenvalue weighted by Crippen LogP contribution is -2.41. The molecule has 0 aliphatic heterocycles. The molecule has 0 spiro atoms. The summed E-state index contributed by atoms with van der Waals surface area (Å²) in [5, 5.41) is 19.5. The normalized spacial score (nSPS) is 40.9. The fourth-order valence-electron chi connectivity index (χ4n) is 4.16. The van der Waals surface area contributed by atoms with Crippen LogP contribution in [-0.4, -0.2) is 28.7 Å². The van der Waals surface area contributed by atoms with Crippen molar-refractivity contribution in [2.24, 2.45) is 23.2 Å². The van der Waals surface area contributed by atoms with Crippen LogP contribution in [0.15, 0.2) is 0 Å². The third kappa shape index (κ3) is 3.19. The lowest BCUT2D eigenvalue weighted by atomic mass is 9.59. The minimum atomic E-state index is -0.433. The molecule has 3 unspecified atom stereocenters. The second kappa shape index (κ2) is 5.92. The topological polar surface area (TPSA) is 57.5 Å². The van der Waals surface area contributed by atoms with E-state index in [9.17, 15) is 15.0 Å². The molecule has 2 fully saturated rings. The van der Waals surface area contributed by atoms with E-state index in [4.69, 9.17) is 0 Å². The highest BCUT2D eigenvalue weighted by Crippen LogP contribution is 2.49. The van der Waals surface area contributed by atoms with Crippen LogP contribution in [-0.2, 0) is 4.79 Å². The largest absolute Gasteiger partial charge is 0.393 e. The van der Waals surface area contributed by atoms with Crippen LogP contribution in [0.3, 0.4) is 0 Å². The van der Waals surface area contributed by atoms with Crippen LogP contribution in [0.4, 0.5) is 0 Å². The van der Waals surface area contributed by atoms with Gasteiger partial charge in [0.15, 0.2) is 0 Å². The van der Waals surface area contributed by atoms with Gasteiger partial charge in [-0.05, 0) is 62.2 Å². The van der Waals surface area contributed by atoms with E-state index in [1.54, 1.807) is 0 Å². The van der Waals surface area contributed by atoms with Gasteiger partial charge in [0, 0.05) is 5.92 Å². The fourth-order valence-corrected chi connectivity index (χ4v) is 4.16. The van der Waals surface area contributed by atoms with Gasteiger partial charge in [0.2, 0.25) is 0 Å². The van der Waals surface area contributed by atoms with Crippen LogP contribution in [0.1, 0.15) is 58.8 Å². The number of aldehydes is 1. The lowest BCUT2D eigenvalue weighted by Gasteiger charge is -2.47. The highest BCUT2D eigenvalue weighted by Gasteiger charge is 2.42. The molecule has 2 aliphatic rings. The first-order chi connectivity index (χ1) is 8.95. The predicted octanol–water partition coefficient (Wildman–Crippen LogP) is 2.54. The summed E-state index contributed by atoms with van der Waals surface area (Å²) in [6.07, 6.45) is 7.04. The maximum atomic E-state index is 11.1. The molecule has 3 nitrogen and oxygen atoms in total. The maximum absolute atomic E-state index is 11.1. The van der Waals surface area contributed by atoms with Gasteiger partial charge in [0.05, 0.1) is 12.2 Å². The zero-order chi connectivity index (χ0) is 14.0. The van der Waals surface area contributed by atoms with Gasteiger partial charge in [-0.1, -0.05) is 13.8 Å². The molecule has 2 aliphatic carbocycles. The Morgan fingerprint density at radius 3 is 2.11 bits per heavy atom. The summed E-state index contributed by atoms with van der Waals surface area (Å²) in [6, 6.07) is 0. The van der Waals surface area contributed by atoms with Crippen molar-refractivity contribution in [1.29, 1.82) is 0 Å². The molecule has 2 N–H and O–H groups in total. The summed E-state index contributed by atoms with van der Waals surface area (Å²) < 4.78 is 0. The summed E-state index contributed by atoms with van der Waals surface area (Å²) in [5.41, 5.74) is 0.210. The standard InChI is InChI=1S/C16H28O3/c1-16(2,12-3-6-14(18)7-4-12)13-5-8-15(19)11(9-13)10-17/h10-15,18-19H,3-9H2,1-2H3. The molecule has 0 aromatic carbocycles. The van der Waals surface area contributed by atoms with Crippen LogP contribution < -0.4 is 0 Å². The molecular formula is C16H28O3. The van der Waals surface area contributed by atoms with Crippen molar-refractivity contribution < 1.29 is 15.0 Å². The van der Waals surface area contributed by atoms with Gasteiger partial charge in [-0.2, -0.15) is 0 Å². The minimum Gasteiger partial charge on any atom is -0.393 e. The zero-order valence-corrected chi connectivity index (χ0v) is 12.2. The monoisotopic (exact) mass is 268 g/mol. The van der Waals surface area contributed by atoms with E-state index in [2.05, 4.69) is 13.8 Å². The maximum Gasteiger partial charge on any atom is 0.125 e. The Hall–Kier alpha value is -0.410. The molecule has 0 aromatic heterocycles. The molecule has 110 valence electrons. The number of rotatable bonds is 3. The Balaban J connectivity index is 2.00. The van der Waals surface area contributed by atoms with Gasteiger partial charge in [0.1, 0.15) is 6.29 Å². The summed E-state index contributed by atoms with van der Waals surface area (Å²) in [7, 11) is 0. The van der Waals surface area contributed by atoms with Gasteiger partial charge in [-0.25, -0.2) is 0 Å². The van der Waals surface area contributed by atoms with Crippen molar-refractivity contribution in [3.05, 3.63) is 0 Å². The van der Waals surface area contributed by atoms with E-state index in [-0.39, 0.29) is 17.4 Å². The number of aliphatic hydroxyl groups is 2. The Morgan fingerprint density at radius 2 is 1.53 bits per heavy atom. The van der Waals surface area contributed by atoms with Crippen LogP contribution in [0.25, 0.3) is 0 Å². The van der Waals surface area contributed by atoms with E-state index in [1.807, 2.05) is 0 Å². The smallest absolute Gasteiger partial charge is 0.125 e. The first-order valence-electron chi connectivity index (χ1n) is 7.76. The summed E-state index contributed by atoms with van der Waals surface area (Å²) >= 11 is 0. The van der Waals surface area contributed by atoms with Crippen molar-refractivity contribution in [3.8, 4) is 0 Å². The quantitative estimate of drug-likeness (QED) is 0.773. The van der Waals surface area contributed by atoms with Gasteiger partial charge in [0.25, 0.3) is 0 Å². The summed E-state index contributed by atoms with van der Waals surface area (Å²) in [6.45, 7) is 4.64. The third-order valence-electron chi connectivity index (χ3n) is 5.84. The second-order valence-electron chi connectivity index (χ2n) is 7.20. The van der Waals surface area contributed by atoms with Gasteiger partial charge in [-0.15, -0.1) is 0 Å². The summed E-state index contributed by atoms with van der Waals surface area (Å²) in [4.78, 5) is 11.1. The van der Waals surface area contributed by atoms with E-state index in [0.29, 0.717) is 11.8 Å². The number of carbonyl (C=O) groups excluding carboxylic acids is 1. The number of hydrogen-bond acceptors (Lipinski definition) is 3. The Morgan fingerprint density at radius 1 is 0.947 bits per heavy atom. The average Bonchev–Trinajstić information content (AvgIpc) is 2.39. The van der Waals surface area contributed by atoms with Crippen molar-refractivity contribution in [3.63, 3.8) is 0 Å². The van der Waals surface area contributed by atoms with Crippen LogP contribution in [0.2, 0.25) is 0 Å². The Kier molecular flexibility index (Phi) is 4.67. The second-order valence-corrected chi connectivity index (χ2v) is 7.20. The molecule has 0 aromatic rings. The Labute approximate surface area is 116 Å². The molecule has 2 rings (SSSR count). The molecule has 0 saturated heterocycles. The van der Waals surface area contributed by atoms with Crippen LogP contribution in [0.5, 0.6) is 0 Å². The summed E-state index contributed by atoms with van der Waals surface area (Å²) in [5.74, 6) is 0.988. The van der Waals surface area contributed by atoms with E-state index in [0.717, 1.165) is 51.2 Å². The fraction of sp³-hybridized carbons (Fsp3) is 0.938. The van der Waals surface area contributed by atoms with Crippen LogP contribution in [0, 0.1) is 23.2 Å². The molecule has 3 atom stereocenters. The molecule has 0 radical (unpaired) electrons. The SMILES string of the molecule is CC(C)(C1CCC(O)CC1)C1CCC(O)C(C=O)C1. The van der Waals surface area contributed by atoms with Crippen molar-refractivity contribution in [1.82, 2.24) is 0 Å². The molecular weight excluding hydrogens is 240 g/mol. The van der Waals surface area contributed by atoms with Crippen molar-refractivity contribution in [2.45, 2.75) is 71.0 Å². The van der Waals surface area contributed by atoms with E-state index in [1.165, 1.54) is 0 Å². The third-order valence-corrected chi connectivity index (χ3v) is 5.84. The first-order valence-corrected chi connectivity index (χ1v) is 7.76. The highest BCUT2D eigenvalue weighted by atomic mass is 16.3. The number of carbonyl (C=O) groups is 1. The molecule has 2 saturated carbocycles. The van der Waals surface area contributed by atoms with Crippen molar-refractivity contribution in [2.75, 3.05) is 0 Å². The molecule has 0 amide bonds. The zero-order valence-electron chi connectivity index (χ0n) is 12.2. The van der Waals surface area contributed by atoms with Gasteiger partial charge in [-0.3, -0.25) is 0 Å². The van der Waals surface area contributed by atoms with E-state index >= 15 is 0 Å². The predicted molar refractivity (Wildman–Crippen MR) is 74.6 cm³/mol. The number of hydrogen-bond donors (Lipinski definition) is 2. The first kappa shape index (κ1) is 15.0. The minimum absolute atomic E-state index is 0.108. The van der Waals surface area contributed by atoms with E-state index < -0.39 is 6.10 Å². The average molecular weight is 268 g/mol. The van der Waals surface area contributed by atoms with Crippen molar-refractivity contribution >= 4 is 6.29 Å². The Bertz CT molecular complexity index is 305. The van der Waals surface area contributed by atoms with Gasteiger partial charge < -0.3 is 15.0 Å². The molecule has 0 heterocycles. The number of aliphatic hydroxyl groups excluding tert-OH is 2. The highest BCUT2D eigenvalue weighted by molar-refractivity contribution is 5.54. The molecule has 0 bridgehead atoms. The lowest BCUT2D eigenvalue weighted by molar-refractivity contribution is -0.118. The molecule has 19 heavy (non-hydrogen) atoms. The van der Waals surface area contributed by atoms with Crippen LogP contribution >= 0.6 is 0 Å². The van der Waals surface area contributed by atoms with Gasteiger partial charge >= 0.3 is 0 Å². The molecule has 3 heteroatoms.